The molecule has 4 N–H and O–H groups in total. The van der Waals surface area contributed by atoms with Crippen LogP contribution in [-0.2, 0) is 0 Å². The lowest BCUT2D eigenvalue weighted by molar-refractivity contribution is 0.825. The van der Waals surface area contributed by atoms with Gasteiger partial charge in [0, 0.05) is 16.6 Å². The van der Waals surface area contributed by atoms with Gasteiger partial charge in [0.05, 0.1) is 11.2 Å². The Labute approximate surface area is 148 Å². The molecule has 5 aromatic rings. The molecule has 0 bridgehead atoms. The summed E-state index contributed by atoms with van der Waals surface area (Å²) in [7, 11) is 0. The van der Waals surface area contributed by atoms with E-state index in [1.54, 1.807) is 15.3 Å². The molecule has 7 heteroatoms. The Kier molecular flexibility index (Phi) is 2.96. The van der Waals surface area contributed by atoms with Gasteiger partial charge in [-0.2, -0.15) is 9.67 Å². The number of aromatic nitrogens is 5. The molecule has 0 aliphatic heterocycles. The fourth-order valence-corrected chi connectivity index (χ4v) is 3.12. The highest BCUT2D eigenvalue weighted by Crippen LogP contribution is 2.26. The molecule has 5 rings (SSSR count). The summed E-state index contributed by atoms with van der Waals surface area (Å²) in [5.74, 6) is 0.864. The Morgan fingerprint density at radius 3 is 2.50 bits per heavy atom. The topological polar surface area (TPSA) is 100 Å². The highest BCUT2D eigenvalue weighted by atomic mass is 15.4. The molecule has 0 aliphatic rings. The van der Waals surface area contributed by atoms with Gasteiger partial charge in [0.15, 0.2) is 11.5 Å². The van der Waals surface area contributed by atoms with Crippen molar-refractivity contribution in [3.63, 3.8) is 0 Å². The predicted octanol–water partition coefficient (Wildman–Crippen LogP) is 2.90. The number of anilines is 2. The molecule has 0 spiro atoms. The van der Waals surface area contributed by atoms with E-state index in [1.807, 2.05) is 60.7 Å². The van der Waals surface area contributed by atoms with Crippen molar-refractivity contribution in [3.8, 4) is 17.2 Å². The minimum absolute atomic E-state index is 0.419. The molecule has 7 nitrogen and oxygen atoms in total. The van der Waals surface area contributed by atoms with Crippen LogP contribution in [0.4, 0.5) is 11.5 Å². The van der Waals surface area contributed by atoms with Crippen molar-refractivity contribution in [2.24, 2.45) is 0 Å². The van der Waals surface area contributed by atoms with Gasteiger partial charge < -0.3 is 11.5 Å². The maximum Gasteiger partial charge on any atom is 0.271 e. The van der Waals surface area contributed by atoms with E-state index in [0.29, 0.717) is 17.5 Å². The van der Waals surface area contributed by atoms with Crippen LogP contribution in [-0.4, -0.2) is 24.4 Å². The van der Waals surface area contributed by atoms with Crippen LogP contribution in [0.1, 0.15) is 0 Å². The molecule has 3 heterocycles. The molecular formula is C19H15N7. The van der Waals surface area contributed by atoms with Crippen LogP contribution in [0.2, 0.25) is 0 Å². The summed E-state index contributed by atoms with van der Waals surface area (Å²) in [6.45, 7) is 0. The van der Waals surface area contributed by atoms with Crippen molar-refractivity contribution in [2.75, 3.05) is 11.5 Å². The zero-order valence-corrected chi connectivity index (χ0v) is 13.7. The lowest BCUT2D eigenvalue weighted by Crippen LogP contribution is -2.01. The van der Waals surface area contributed by atoms with Gasteiger partial charge >= 0.3 is 0 Å². The highest BCUT2D eigenvalue weighted by Gasteiger charge is 2.15. The van der Waals surface area contributed by atoms with E-state index in [4.69, 9.17) is 11.5 Å². The Morgan fingerprint density at radius 1 is 0.808 bits per heavy atom. The number of nitrogens with two attached hydrogens (primary N) is 2. The molecule has 2 aromatic carbocycles. The van der Waals surface area contributed by atoms with E-state index >= 15 is 0 Å². The van der Waals surface area contributed by atoms with Crippen LogP contribution in [0.15, 0.2) is 66.7 Å². The number of nitrogens with zero attached hydrogens (tertiary/aromatic N) is 5. The first kappa shape index (κ1) is 14.5. The standard InChI is InChI=1S/C19H15N7/c20-13-9-10-14-16(11-13)26(23-18(14)21)19-22-17-8-4-7-15(25(17)24-19)12-5-2-1-3-6-12/h1-11H,20H2,(H2,21,23). The quantitative estimate of drug-likeness (QED) is 0.481. The molecule has 0 saturated carbocycles. The summed E-state index contributed by atoms with van der Waals surface area (Å²) in [6.07, 6.45) is 0. The van der Waals surface area contributed by atoms with Gasteiger partial charge in [-0.15, -0.1) is 10.2 Å². The van der Waals surface area contributed by atoms with E-state index in [2.05, 4.69) is 15.2 Å². The average Bonchev–Trinajstić information content (AvgIpc) is 3.23. The molecule has 0 aliphatic carbocycles. The van der Waals surface area contributed by atoms with Gasteiger partial charge in [-0.25, -0.2) is 4.52 Å². The lowest BCUT2D eigenvalue weighted by atomic mass is 10.1. The molecule has 0 saturated heterocycles. The summed E-state index contributed by atoms with van der Waals surface area (Å²) in [6, 6.07) is 21.4. The van der Waals surface area contributed by atoms with Crippen molar-refractivity contribution >= 4 is 28.1 Å². The number of benzene rings is 2. The van der Waals surface area contributed by atoms with Crippen molar-refractivity contribution in [3.05, 3.63) is 66.7 Å². The summed E-state index contributed by atoms with van der Waals surface area (Å²) in [5, 5.41) is 9.88. The van der Waals surface area contributed by atoms with Crippen molar-refractivity contribution in [2.45, 2.75) is 0 Å². The van der Waals surface area contributed by atoms with Gasteiger partial charge in [0.25, 0.3) is 5.95 Å². The Hall–Kier alpha value is -3.87. The third kappa shape index (κ3) is 2.11. The van der Waals surface area contributed by atoms with Gasteiger partial charge in [-0.3, -0.25) is 0 Å². The van der Waals surface area contributed by atoms with Crippen LogP contribution in [0.3, 0.4) is 0 Å². The fourth-order valence-electron chi connectivity index (χ4n) is 3.12. The van der Waals surface area contributed by atoms with E-state index < -0.39 is 0 Å². The molecular weight excluding hydrogens is 326 g/mol. The first-order valence-electron chi connectivity index (χ1n) is 8.16. The summed E-state index contributed by atoms with van der Waals surface area (Å²) < 4.78 is 3.43. The lowest BCUT2D eigenvalue weighted by Gasteiger charge is -2.03. The molecule has 0 radical (unpaired) electrons. The molecule has 0 amide bonds. The monoisotopic (exact) mass is 341 g/mol. The van der Waals surface area contributed by atoms with Gasteiger partial charge in [0.1, 0.15) is 0 Å². The second-order valence-electron chi connectivity index (χ2n) is 6.03. The number of pyridine rings is 1. The maximum atomic E-state index is 6.04. The third-order valence-corrected chi connectivity index (χ3v) is 4.34. The molecule has 26 heavy (non-hydrogen) atoms. The van der Waals surface area contributed by atoms with Crippen LogP contribution in [0, 0.1) is 0 Å². The summed E-state index contributed by atoms with van der Waals surface area (Å²) in [5.41, 5.74) is 16.1. The van der Waals surface area contributed by atoms with Gasteiger partial charge in [0.2, 0.25) is 0 Å². The number of rotatable bonds is 2. The Bertz CT molecular complexity index is 1250. The second kappa shape index (κ2) is 5.32. The van der Waals surface area contributed by atoms with Crippen molar-refractivity contribution in [1.29, 1.82) is 0 Å². The van der Waals surface area contributed by atoms with Crippen LogP contribution < -0.4 is 11.5 Å². The van der Waals surface area contributed by atoms with Gasteiger partial charge in [-0.1, -0.05) is 36.4 Å². The largest absolute Gasteiger partial charge is 0.399 e. The van der Waals surface area contributed by atoms with E-state index in [1.165, 1.54) is 0 Å². The second-order valence-corrected chi connectivity index (χ2v) is 6.03. The molecule has 0 fully saturated rings. The minimum atomic E-state index is 0.419. The molecule has 3 aromatic heterocycles. The fraction of sp³-hybridized carbons (Fsp3) is 0. The Morgan fingerprint density at radius 2 is 1.65 bits per heavy atom. The number of hydrogen-bond donors (Lipinski definition) is 2. The van der Waals surface area contributed by atoms with Crippen LogP contribution in [0.25, 0.3) is 33.8 Å². The predicted molar refractivity (Wildman–Crippen MR) is 102 cm³/mol. The summed E-state index contributed by atoms with van der Waals surface area (Å²) in [4.78, 5) is 4.62. The van der Waals surface area contributed by atoms with Crippen LogP contribution >= 0.6 is 0 Å². The number of hydrogen-bond acceptors (Lipinski definition) is 5. The van der Waals surface area contributed by atoms with E-state index in [9.17, 15) is 0 Å². The molecule has 0 unspecified atom stereocenters. The maximum absolute atomic E-state index is 6.04. The smallest absolute Gasteiger partial charge is 0.271 e. The van der Waals surface area contributed by atoms with Crippen LogP contribution in [0.5, 0.6) is 0 Å². The van der Waals surface area contributed by atoms with E-state index in [0.717, 1.165) is 27.8 Å². The normalized spacial score (nSPS) is 11.4. The zero-order chi connectivity index (χ0) is 17.7. The highest BCUT2D eigenvalue weighted by molar-refractivity contribution is 5.92. The Balaban J connectivity index is 1.76. The summed E-state index contributed by atoms with van der Waals surface area (Å²) >= 11 is 0. The molecule has 126 valence electrons. The number of nitrogen functional groups attached to an aromatic ring is 2. The van der Waals surface area contributed by atoms with E-state index in [-0.39, 0.29) is 0 Å². The molecule has 0 atom stereocenters. The SMILES string of the molecule is Nc1ccc2c(N)nn(-c3nc4cccc(-c5ccccc5)n4n3)c2c1. The average molecular weight is 341 g/mol. The first-order valence-corrected chi connectivity index (χ1v) is 8.16. The van der Waals surface area contributed by atoms with Crippen molar-refractivity contribution < 1.29 is 0 Å². The first-order chi connectivity index (χ1) is 12.7. The van der Waals surface area contributed by atoms with Gasteiger partial charge in [-0.05, 0) is 30.3 Å². The minimum Gasteiger partial charge on any atom is -0.399 e. The van der Waals surface area contributed by atoms with Crippen molar-refractivity contribution in [1.82, 2.24) is 24.4 Å². The zero-order valence-electron chi connectivity index (χ0n) is 13.7. The third-order valence-electron chi connectivity index (χ3n) is 4.34. The number of fused-ring (bicyclic) bond motifs is 2.